The van der Waals surface area contributed by atoms with Crippen LogP contribution < -0.4 is 5.32 Å². The van der Waals surface area contributed by atoms with Gasteiger partial charge in [0.15, 0.2) is 0 Å². The summed E-state index contributed by atoms with van der Waals surface area (Å²) < 4.78 is 11.3. The molecule has 1 atom stereocenters. The van der Waals surface area contributed by atoms with Gasteiger partial charge < -0.3 is 14.5 Å². The van der Waals surface area contributed by atoms with E-state index in [0.717, 1.165) is 45.3 Å². The SMILES string of the molecule is CC(C)=CCN1CCC2(CCC(CNC(=O)c3ccoc3)O2)CC1. The Hall–Kier alpha value is -1.59. The van der Waals surface area contributed by atoms with Crippen molar-refractivity contribution in [3.05, 3.63) is 35.8 Å². The number of nitrogens with zero attached hydrogens (tertiary/aromatic N) is 1. The minimum absolute atomic E-state index is 0.0342. The van der Waals surface area contributed by atoms with Gasteiger partial charge in [-0.3, -0.25) is 9.69 Å². The number of allylic oxidation sites excluding steroid dienone is 1. The molecule has 1 unspecified atom stereocenters. The summed E-state index contributed by atoms with van der Waals surface area (Å²) in [5.74, 6) is -0.0927. The molecule has 1 aromatic heterocycles. The van der Waals surface area contributed by atoms with E-state index in [1.165, 1.54) is 18.1 Å². The Morgan fingerprint density at radius 1 is 1.38 bits per heavy atom. The molecule has 24 heavy (non-hydrogen) atoms. The van der Waals surface area contributed by atoms with Crippen LogP contribution in [0.5, 0.6) is 0 Å². The number of likely N-dealkylation sites (tertiary alicyclic amines) is 1. The molecule has 2 saturated heterocycles. The van der Waals surface area contributed by atoms with Crippen molar-refractivity contribution in [3.63, 3.8) is 0 Å². The van der Waals surface area contributed by atoms with E-state index in [1.807, 2.05) is 0 Å². The topological polar surface area (TPSA) is 54.7 Å². The highest BCUT2D eigenvalue weighted by molar-refractivity contribution is 5.93. The minimum Gasteiger partial charge on any atom is -0.472 e. The molecule has 3 rings (SSSR count). The molecule has 0 bridgehead atoms. The first-order chi connectivity index (χ1) is 11.6. The second-order valence-corrected chi connectivity index (χ2v) is 7.27. The Morgan fingerprint density at radius 2 is 2.17 bits per heavy atom. The maximum absolute atomic E-state index is 12.0. The zero-order chi connectivity index (χ0) is 17.0. The van der Waals surface area contributed by atoms with Crippen LogP contribution in [0.15, 0.2) is 34.7 Å². The second-order valence-electron chi connectivity index (χ2n) is 7.27. The number of nitrogens with one attached hydrogen (secondary N) is 1. The fourth-order valence-electron chi connectivity index (χ4n) is 3.56. The van der Waals surface area contributed by atoms with E-state index in [0.29, 0.717) is 12.1 Å². The Bertz CT molecular complexity index is 567. The summed E-state index contributed by atoms with van der Waals surface area (Å²) in [4.78, 5) is 14.5. The Kier molecular flexibility index (Phi) is 5.41. The summed E-state index contributed by atoms with van der Waals surface area (Å²) in [5.41, 5.74) is 1.98. The van der Waals surface area contributed by atoms with Gasteiger partial charge >= 0.3 is 0 Å². The van der Waals surface area contributed by atoms with Crippen LogP contribution in [0.25, 0.3) is 0 Å². The summed E-state index contributed by atoms with van der Waals surface area (Å²) in [6.45, 7) is 8.10. The van der Waals surface area contributed by atoms with Gasteiger partial charge in [0.2, 0.25) is 0 Å². The van der Waals surface area contributed by atoms with Gasteiger partial charge in [-0.1, -0.05) is 11.6 Å². The van der Waals surface area contributed by atoms with Gasteiger partial charge in [0.25, 0.3) is 5.91 Å². The third-order valence-corrected chi connectivity index (χ3v) is 5.14. The zero-order valence-electron chi connectivity index (χ0n) is 14.7. The van der Waals surface area contributed by atoms with Crippen molar-refractivity contribution in [2.45, 2.75) is 51.2 Å². The fourth-order valence-corrected chi connectivity index (χ4v) is 3.56. The Balaban J connectivity index is 1.42. The van der Waals surface area contributed by atoms with Crippen molar-refractivity contribution < 1.29 is 13.9 Å². The van der Waals surface area contributed by atoms with Crippen LogP contribution in [0.3, 0.4) is 0 Å². The van der Waals surface area contributed by atoms with Crippen LogP contribution in [0, 0.1) is 0 Å². The van der Waals surface area contributed by atoms with Crippen LogP contribution in [0.4, 0.5) is 0 Å². The smallest absolute Gasteiger partial charge is 0.254 e. The standard InChI is InChI=1S/C19H28N2O3/c1-15(2)4-9-21-10-7-19(8-11-21)6-3-17(24-19)13-20-18(22)16-5-12-23-14-16/h4-5,12,14,17H,3,6-11,13H2,1-2H3,(H,20,22). The fraction of sp³-hybridized carbons (Fsp3) is 0.632. The quantitative estimate of drug-likeness (QED) is 0.842. The maximum Gasteiger partial charge on any atom is 0.254 e. The lowest BCUT2D eigenvalue weighted by molar-refractivity contribution is -0.0741. The lowest BCUT2D eigenvalue weighted by atomic mass is 9.88. The number of hydrogen-bond acceptors (Lipinski definition) is 4. The van der Waals surface area contributed by atoms with Crippen molar-refractivity contribution in [1.82, 2.24) is 10.2 Å². The van der Waals surface area contributed by atoms with Crippen LogP contribution in [0.2, 0.25) is 0 Å². The number of amides is 1. The number of furan rings is 1. The molecule has 0 aromatic carbocycles. The number of hydrogen-bond donors (Lipinski definition) is 1. The lowest BCUT2D eigenvalue weighted by Gasteiger charge is -2.39. The van der Waals surface area contributed by atoms with Crippen molar-refractivity contribution in [3.8, 4) is 0 Å². The number of rotatable bonds is 5. The van der Waals surface area contributed by atoms with Gasteiger partial charge in [0, 0.05) is 26.2 Å². The molecule has 1 N–H and O–H groups in total. The molecule has 5 heteroatoms. The molecule has 132 valence electrons. The summed E-state index contributed by atoms with van der Waals surface area (Å²) in [7, 11) is 0. The molecule has 2 aliphatic rings. The van der Waals surface area contributed by atoms with Crippen LogP contribution in [-0.2, 0) is 4.74 Å². The monoisotopic (exact) mass is 332 g/mol. The van der Waals surface area contributed by atoms with E-state index in [2.05, 4.69) is 30.1 Å². The molecule has 0 saturated carbocycles. The van der Waals surface area contributed by atoms with Crippen molar-refractivity contribution in [2.75, 3.05) is 26.2 Å². The molecule has 1 aromatic rings. The van der Waals surface area contributed by atoms with Gasteiger partial charge in [-0.25, -0.2) is 0 Å². The highest BCUT2D eigenvalue weighted by atomic mass is 16.5. The van der Waals surface area contributed by atoms with Gasteiger partial charge in [0.05, 0.1) is 23.5 Å². The van der Waals surface area contributed by atoms with Crippen LogP contribution in [-0.4, -0.2) is 48.7 Å². The zero-order valence-corrected chi connectivity index (χ0v) is 14.7. The molecule has 0 aliphatic carbocycles. The van der Waals surface area contributed by atoms with Gasteiger partial charge in [0.1, 0.15) is 6.26 Å². The lowest BCUT2D eigenvalue weighted by Crippen LogP contribution is -2.45. The predicted molar refractivity (Wildman–Crippen MR) is 93.0 cm³/mol. The highest BCUT2D eigenvalue weighted by Crippen LogP contribution is 2.38. The summed E-state index contributed by atoms with van der Waals surface area (Å²) in [5, 5.41) is 2.95. The molecule has 1 amide bonds. The first-order valence-corrected chi connectivity index (χ1v) is 8.90. The third-order valence-electron chi connectivity index (χ3n) is 5.14. The van der Waals surface area contributed by atoms with E-state index in [1.54, 1.807) is 6.07 Å². The van der Waals surface area contributed by atoms with Gasteiger partial charge in [-0.05, 0) is 45.6 Å². The molecule has 3 heterocycles. The first-order valence-electron chi connectivity index (χ1n) is 8.90. The Morgan fingerprint density at radius 3 is 2.83 bits per heavy atom. The molecule has 5 nitrogen and oxygen atoms in total. The summed E-state index contributed by atoms with van der Waals surface area (Å²) in [6.07, 6.45) is 9.72. The minimum atomic E-state index is -0.0927. The third kappa shape index (κ3) is 4.28. The van der Waals surface area contributed by atoms with Crippen molar-refractivity contribution in [1.29, 1.82) is 0 Å². The van der Waals surface area contributed by atoms with Crippen molar-refractivity contribution >= 4 is 5.91 Å². The summed E-state index contributed by atoms with van der Waals surface area (Å²) in [6, 6.07) is 1.68. The molecular formula is C19H28N2O3. The van der Waals surface area contributed by atoms with E-state index in [-0.39, 0.29) is 17.6 Å². The number of carbonyl (C=O) groups excluding carboxylic acids is 1. The van der Waals surface area contributed by atoms with Crippen LogP contribution >= 0.6 is 0 Å². The van der Waals surface area contributed by atoms with E-state index in [4.69, 9.17) is 9.15 Å². The second kappa shape index (κ2) is 7.53. The molecule has 2 fully saturated rings. The maximum atomic E-state index is 12.0. The van der Waals surface area contributed by atoms with Crippen molar-refractivity contribution in [2.24, 2.45) is 0 Å². The highest BCUT2D eigenvalue weighted by Gasteiger charge is 2.42. The average molecular weight is 332 g/mol. The van der Waals surface area contributed by atoms with Gasteiger partial charge in [-0.15, -0.1) is 0 Å². The predicted octanol–water partition coefficient (Wildman–Crippen LogP) is 2.99. The molecule has 1 spiro atoms. The summed E-state index contributed by atoms with van der Waals surface area (Å²) >= 11 is 0. The van der Waals surface area contributed by atoms with E-state index in [9.17, 15) is 4.79 Å². The average Bonchev–Trinajstić information content (AvgIpc) is 3.23. The molecule has 0 radical (unpaired) electrons. The van der Waals surface area contributed by atoms with E-state index < -0.39 is 0 Å². The first kappa shape index (κ1) is 17.2. The molecule has 2 aliphatic heterocycles. The number of carbonyl (C=O) groups is 1. The molecular weight excluding hydrogens is 304 g/mol. The van der Waals surface area contributed by atoms with Gasteiger partial charge in [-0.2, -0.15) is 0 Å². The largest absolute Gasteiger partial charge is 0.472 e. The van der Waals surface area contributed by atoms with Crippen LogP contribution in [0.1, 0.15) is 49.9 Å². The Labute approximate surface area is 144 Å². The number of ether oxygens (including phenoxy) is 1. The normalized spacial score (nSPS) is 23.3. The van der Waals surface area contributed by atoms with E-state index >= 15 is 0 Å². The number of piperidine rings is 1.